The normalized spacial score (nSPS) is 51.2. The Morgan fingerprint density at radius 2 is 1.93 bits per heavy atom. The van der Waals surface area contributed by atoms with E-state index in [0.717, 1.165) is 0 Å². The van der Waals surface area contributed by atoms with Crippen LogP contribution in [0.25, 0.3) is 0 Å². The first-order valence-electron chi connectivity index (χ1n) is 4.95. The van der Waals surface area contributed by atoms with Crippen LogP contribution in [0.5, 0.6) is 0 Å². The zero-order valence-corrected chi connectivity index (χ0v) is 8.70. The number of aliphatic hydroxyl groups is 2. The first kappa shape index (κ1) is 11.3. The molecule has 2 saturated heterocycles. The second kappa shape index (κ2) is 4.32. The summed E-state index contributed by atoms with van der Waals surface area (Å²) in [6.07, 6.45) is -4.29. The highest BCUT2D eigenvalue weighted by Gasteiger charge is 2.48. The molecule has 6 atom stereocenters. The summed E-state index contributed by atoms with van der Waals surface area (Å²) in [4.78, 5) is 0. The van der Waals surface area contributed by atoms with E-state index < -0.39 is 37.0 Å². The van der Waals surface area contributed by atoms with Gasteiger partial charge in [0.2, 0.25) is 0 Å². The standard InChI is InChI=1S/C9H16O6/c1-4-13-3-5-8(14-4)6(10)7(11)9(12-2)15-5/h4-11H,3H2,1-2H3/t4-,5+,6+,7+,8+,9+/m0/s1/i9+1. The molecule has 0 aromatic heterocycles. The van der Waals surface area contributed by atoms with Crippen molar-refractivity contribution in [1.29, 1.82) is 0 Å². The summed E-state index contributed by atoms with van der Waals surface area (Å²) < 4.78 is 20.9. The molecule has 6 nitrogen and oxygen atoms in total. The van der Waals surface area contributed by atoms with E-state index in [-0.39, 0.29) is 0 Å². The number of rotatable bonds is 1. The molecule has 0 radical (unpaired) electrons. The molecule has 6 heteroatoms. The lowest BCUT2D eigenvalue weighted by Gasteiger charge is -2.45. The largest absolute Gasteiger partial charge is 0.387 e. The van der Waals surface area contributed by atoms with Crippen LogP contribution in [0, 0.1) is 0 Å². The predicted molar refractivity (Wildman–Crippen MR) is 48.0 cm³/mol. The molecule has 0 aromatic rings. The van der Waals surface area contributed by atoms with E-state index >= 15 is 0 Å². The van der Waals surface area contributed by atoms with Crippen molar-refractivity contribution < 1.29 is 29.2 Å². The van der Waals surface area contributed by atoms with Crippen molar-refractivity contribution in [1.82, 2.24) is 0 Å². The predicted octanol–water partition coefficient (Wildman–Crippen LogP) is -1.16. The Bertz CT molecular complexity index is 221. The van der Waals surface area contributed by atoms with Crippen molar-refractivity contribution >= 4 is 0 Å². The Labute approximate surface area is 87.7 Å². The average Bonchev–Trinajstić information content (AvgIpc) is 2.24. The van der Waals surface area contributed by atoms with Crippen molar-refractivity contribution in [3.8, 4) is 0 Å². The van der Waals surface area contributed by atoms with Gasteiger partial charge in [-0.2, -0.15) is 0 Å². The van der Waals surface area contributed by atoms with Crippen LogP contribution < -0.4 is 0 Å². The van der Waals surface area contributed by atoms with Gasteiger partial charge < -0.3 is 29.2 Å². The number of ether oxygens (including phenoxy) is 4. The average molecular weight is 221 g/mol. The fourth-order valence-corrected chi connectivity index (χ4v) is 1.89. The molecule has 15 heavy (non-hydrogen) atoms. The number of aliphatic hydroxyl groups excluding tert-OH is 2. The Kier molecular flexibility index (Phi) is 3.24. The Morgan fingerprint density at radius 3 is 2.60 bits per heavy atom. The van der Waals surface area contributed by atoms with Crippen LogP contribution in [0.4, 0.5) is 0 Å². The minimum absolute atomic E-state index is 0.329. The summed E-state index contributed by atoms with van der Waals surface area (Å²) in [5, 5.41) is 19.4. The second-order valence-corrected chi connectivity index (χ2v) is 3.76. The smallest absolute Gasteiger partial charge is 0.186 e. The van der Waals surface area contributed by atoms with Gasteiger partial charge in [0.25, 0.3) is 0 Å². The molecular formula is C9H16O6. The van der Waals surface area contributed by atoms with E-state index in [1.54, 1.807) is 6.92 Å². The second-order valence-electron chi connectivity index (χ2n) is 3.76. The van der Waals surface area contributed by atoms with E-state index in [4.69, 9.17) is 18.9 Å². The number of fused-ring (bicyclic) bond motifs is 1. The topological polar surface area (TPSA) is 77.4 Å². The van der Waals surface area contributed by atoms with E-state index in [0.29, 0.717) is 6.61 Å². The van der Waals surface area contributed by atoms with Crippen molar-refractivity contribution in [2.45, 2.75) is 43.9 Å². The molecule has 0 aliphatic carbocycles. The SMILES string of the molecule is CO[13C@@H]1O[C@@H]2CO[C@H](C)O[C@H]2[C@H](O)[C@H]1O. The van der Waals surface area contributed by atoms with E-state index in [1.165, 1.54) is 7.11 Å². The molecule has 0 spiro atoms. The van der Waals surface area contributed by atoms with E-state index in [9.17, 15) is 10.2 Å². The summed E-state index contributed by atoms with van der Waals surface area (Å²) >= 11 is 0. The van der Waals surface area contributed by atoms with Gasteiger partial charge in [-0.15, -0.1) is 0 Å². The minimum Gasteiger partial charge on any atom is -0.387 e. The summed E-state index contributed by atoms with van der Waals surface area (Å²) in [7, 11) is 1.41. The van der Waals surface area contributed by atoms with Crippen LogP contribution in [0.2, 0.25) is 0 Å². The van der Waals surface area contributed by atoms with Gasteiger partial charge in [-0.05, 0) is 6.92 Å². The maximum atomic E-state index is 9.80. The van der Waals surface area contributed by atoms with E-state index in [2.05, 4.69) is 0 Å². The summed E-state index contributed by atoms with van der Waals surface area (Å²) in [5.74, 6) is 0. The zero-order valence-electron chi connectivity index (χ0n) is 8.70. The molecule has 2 aliphatic rings. The van der Waals surface area contributed by atoms with Crippen LogP contribution in [0.1, 0.15) is 6.92 Å². The summed E-state index contributed by atoms with van der Waals surface area (Å²) in [5.41, 5.74) is 0. The molecule has 2 aliphatic heterocycles. The monoisotopic (exact) mass is 221 g/mol. The maximum absolute atomic E-state index is 9.80. The highest BCUT2D eigenvalue weighted by molar-refractivity contribution is 4.91. The van der Waals surface area contributed by atoms with Crippen molar-refractivity contribution in [2.75, 3.05) is 13.7 Å². The molecule has 88 valence electrons. The van der Waals surface area contributed by atoms with Gasteiger partial charge in [0, 0.05) is 7.11 Å². The Morgan fingerprint density at radius 1 is 1.20 bits per heavy atom. The minimum atomic E-state index is -1.10. The van der Waals surface area contributed by atoms with Gasteiger partial charge in [-0.25, -0.2) is 0 Å². The highest BCUT2D eigenvalue weighted by atomic mass is 16.8. The van der Waals surface area contributed by atoms with Crippen LogP contribution in [-0.2, 0) is 18.9 Å². The quantitative estimate of drug-likeness (QED) is 0.544. The first-order valence-corrected chi connectivity index (χ1v) is 4.95. The molecule has 0 bridgehead atoms. The summed E-state index contributed by atoms with van der Waals surface area (Å²) in [6.45, 7) is 2.06. The molecule has 0 saturated carbocycles. The lowest BCUT2D eigenvalue weighted by atomic mass is 10.0. The molecule has 2 fully saturated rings. The van der Waals surface area contributed by atoms with Crippen LogP contribution in [0.3, 0.4) is 0 Å². The molecule has 2 heterocycles. The van der Waals surface area contributed by atoms with E-state index in [1.807, 2.05) is 0 Å². The molecule has 0 unspecified atom stereocenters. The van der Waals surface area contributed by atoms with Crippen molar-refractivity contribution in [2.24, 2.45) is 0 Å². The number of hydrogen-bond acceptors (Lipinski definition) is 6. The highest BCUT2D eigenvalue weighted by Crippen LogP contribution is 2.28. The Balaban J connectivity index is 2.07. The van der Waals surface area contributed by atoms with Crippen LogP contribution in [0.15, 0.2) is 0 Å². The zero-order chi connectivity index (χ0) is 11.0. The summed E-state index contributed by atoms with van der Waals surface area (Å²) in [6, 6.07) is 0. The number of hydrogen-bond donors (Lipinski definition) is 2. The molecule has 2 rings (SSSR count). The van der Waals surface area contributed by atoms with Crippen molar-refractivity contribution in [3.05, 3.63) is 0 Å². The third-order valence-electron chi connectivity index (χ3n) is 2.72. The maximum Gasteiger partial charge on any atom is 0.186 e. The van der Waals surface area contributed by atoms with Crippen molar-refractivity contribution in [3.63, 3.8) is 0 Å². The Hall–Kier alpha value is -0.240. The molecule has 0 aromatic carbocycles. The van der Waals surface area contributed by atoms with Gasteiger partial charge in [-0.1, -0.05) is 0 Å². The van der Waals surface area contributed by atoms with Gasteiger partial charge in [0.15, 0.2) is 12.6 Å². The van der Waals surface area contributed by atoms with Gasteiger partial charge in [-0.3, -0.25) is 0 Å². The van der Waals surface area contributed by atoms with Gasteiger partial charge >= 0.3 is 0 Å². The van der Waals surface area contributed by atoms with Crippen LogP contribution in [-0.4, -0.2) is 60.9 Å². The number of methoxy groups -OCH3 is 1. The molecule has 0 amide bonds. The lowest BCUT2D eigenvalue weighted by Crippen LogP contribution is -2.62. The van der Waals surface area contributed by atoms with Crippen LogP contribution >= 0.6 is 0 Å². The van der Waals surface area contributed by atoms with Gasteiger partial charge in [0.1, 0.15) is 24.4 Å². The third kappa shape index (κ3) is 2.01. The molecule has 2 N–H and O–H groups in total. The fourth-order valence-electron chi connectivity index (χ4n) is 1.89. The lowest BCUT2D eigenvalue weighted by molar-refractivity contribution is -0.352. The van der Waals surface area contributed by atoms with Gasteiger partial charge in [0.05, 0.1) is 6.61 Å². The third-order valence-corrected chi connectivity index (χ3v) is 2.72. The molecular weight excluding hydrogens is 205 g/mol. The first-order chi connectivity index (χ1) is 7.13. The fraction of sp³-hybridized carbons (Fsp3) is 1.00.